The van der Waals surface area contributed by atoms with Crippen molar-refractivity contribution in [2.24, 2.45) is 0 Å². The third-order valence-corrected chi connectivity index (χ3v) is 5.59. The Hall–Kier alpha value is -3.51. The summed E-state index contributed by atoms with van der Waals surface area (Å²) in [7, 11) is 0. The van der Waals surface area contributed by atoms with Crippen LogP contribution in [0.1, 0.15) is 42.2 Å². The minimum atomic E-state index is -0.888. The zero-order chi connectivity index (χ0) is 22.1. The van der Waals surface area contributed by atoms with Crippen LogP contribution in [0, 0.1) is 17.1 Å². The van der Waals surface area contributed by atoms with Gasteiger partial charge < -0.3 is 9.63 Å². The molecule has 1 N–H and O–H groups in total. The molecule has 31 heavy (non-hydrogen) atoms. The summed E-state index contributed by atoms with van der Waals surface area (Å²) in [5.41, 5.74) is 2.21. The maximum absolute atomic E-state index is 13.6. The number of hydrogen-bond acceptors (Lipinski definition) is 7. The van der Waals surface area contributed by atoms with Crippen molar-refractivity contribution in [3.05, 3.63) is 62.7 Å². The fourth-order valence-corrected chi connectivity index (χ4v) is 3.87. The number of hydrogen-bond donors (Lipinski definition) is 1. The molecule has 0 unspecified atom stereocenters. The third kappa shape index (κ3) is 3.82. The van der Waals surface area contributed by atoms with Gasteiger partial charge in [0, 0.05) is 36.7 Å². The Bertz CT molecular complexity index is 1240. The highest BCUT2D eigenvalue weighted by atomic mass is 19.1. The van der Waals surface area contributed by atoms with Crippen LogP contribution in [0.4, 0.5) is 4.39 Å². The van der Waals surface area contributed by atoms with Gasteiger partial charge >= 0.3 is 0 Å². The minimum absolute atomic E-state index is 0.0142. The van der Waals surface area contributed by atoms with Gasteiger partial charge in [0.25, 0.3) is 5.56 Å². The quantitative estimate of drug-likeness (QED) is 0.672. The lowest BCUT2D eigenvalue weighted by molar-refractivity contribution is 0.261. The lowest BCUT2D eigenvalue weighted by Crippen LogP contribution is -2.38. The summed E-state index contributed by atoms with van der Waals surface area (Å²) < 4.78 is 20.5. The van der Waals surface area contributed by atoms with Crippen molar-refractivity contribution in [1.82, 2.24) is 19.6 Å². The summed E-state index contributed by atoms with van der Waals surface area (Å²) in [6.45, 7) is 6.61. The molecule has 9 heteroatoms. The number of phenols is 1. The van der Waals surface area contributed by atoms with E-state index in [1.165, 1.54) is 0 Å². The highest BCUT2D eigenvalue weighted by Gasteiger charge is 2.23. The van der Waals surface area contributed by atoms with Crippen molar-refractivity contribution in [2.75, 3.05) is 13.1 Å². The average molecular weight is 423 g/mol. The highest BCUT2D eigenvalue weighted by molar-refractivity contribution is 5.68. The van der Waals surface area contributed by atoms with Gasteiger partial charge in [-0.15, -0.1) is 0 Å². The second kappa shape index (κ2) is 8.32. The van der Waals surface area contributed by atoms with E-state index in [9.17, 15) is 19.6 Å². The number of nitriles is 1. The molecule has 0 atom stereocenters. The van der Waals surface area contributed by atoms with Crippen molar-refractivity contribution in [3.63, 3.8) is 0 Å². The molecule has 0 radical (unpaired) electrons. The zero-order valence-electron chi connectivity index (χ0n) is 17.4. The standard InChI is InChI=1S/C22H22FN5O3/c1-3-21-25-18-12-27(4-2)6-5-15(18)22(30)28(21)11-14-8-20(31-26-14)16-9-19(29)17(23)7-13(16)10-24/h7-9,29H,3-6,11-12H2,1-2H3. The fourth-order valence-electron chi connectivity index (χ4n) is 3.87. The van der Waals surface area contributed by atoms with Crippen LogP contribution in [-0.2, 0) is 25.9 Å². The van der Waals surface area contributed by atoms with E-state index in [0.29, 0.717) is 30.9 Å². The molecule has 0 saturated carbocycles. The summed E-state index contributed by atoms with van der Waals surface area (Å²) in [6.07, 6.45) is 1.24. The fraction of sp³-hybridized carbons (Fsp3) is 0.364. The first-order valence-electron chi connectivity index (χ1n) is 10.2. The number of aromatic hydroxyl groups is 1. The molecule has 160 valence electrons. The molecule has 2 aromatic heterocycles. The molecule has 8 nitrogen and oxygen atoms in total. The van der Waals surface area contributed by atoms with Crippen molar-refractivity contribution < 1.29 is 14.0 Å². The van der Waals surface area contributed by atoms with Crippen molar-refractivity contribution >= 4 is 0 Å². The Balaban J connectivity index is 1.69. The topological polar surface area (TPSA) is 108 Å². The first-order chi connectivity index (χ1) is 14.9. The SMILES string of the molecule is CCc1nc2c(c(=O)n1Cc1cc(-c3cc(O)c(F)cc3C#N)on1)CCN(CC)C2. The summed E-state index contributed by atoms with van der Waals surface area (Å²) in [5.74, 6) is -0.599. The first kappa shape index (κ1) is 20.8. The van der Waals surface area contributed by atoms with Gasteiger partial charge in [0.15, 0.2) is 17.3 Å². The predicted molar refractivity (Wildman–Crippen MR) is 110 cm³/mol. The van der Waals surface area contributed by atoms with E-state index in [4.69, 9.17) is 9.51 Å². The number of halogens is 1. The maximum atomic E-state index is 13.6. The molecule has 3 aromatic rings. The van der Waals surface area contributed by atoms with Gasteiger partial charge in [0.05, 0.1) is 17.8 Å². The number of phenolic OH excluding ortho intramolecular Hbond substituents is 1. The van der Waals surface area contributed by atoms with E-state index in [0.717, 1.165) is 36.5 Å². The summed E-state index contributed by atoms with van der Waals surface area (Å²) in [6, 6.07) is 5.53. The molecule has 0 fully saturated rings. The molecule has 0 spiro atoms. The van der Waals surface area contributed by atoms with E-state index in [1.54, 1.807) is 10.6 Å². The number of aromatic nitrogens is 3. The molecular formula is C22H22FN5O3. The lowest BCUT2D eigenvalue weighted by atomic mass is 10.0. The summed E-state index contributed by atoms with van der Waals surface area (Å²) in [5, 5.41) is 23.0. The monoisotopic (exact) mass is 423 g/mol. The molecule has 1 aromatic carbocycles. The Kier molecular flexibility index (Phi) is 5.57. The van der Waals surface area contributed by atoms with Crippen LogP contribution in [0.3, 0.4) is 0 Å². The molecule has 0 bridgehead atoms. The van der Waals surface area contributed by atoms with E-state index < -0.39 is 11.6 Å². The zero-order valence-corrected chi connectivity index (χ0v) is 17.4. The van der Waals surface area contributed by atoms with Gasteiger partial charge in [-0.25, -0.2) is 9.37 Å². The number of benzene rings is 1. The van der Waals surface area contributed by atoms with Crippen molar-refractivity contribution in [1.29, 1.82) is 5.26 Å². The van der Waals surface area contributed by atoms with Crippen molar-refractivity contribution in [2.45, 2.75) is 39.8 Å². The molecule has 1 aliphatic rings. The van der Waals surface area contributed by atoms with Crippen LogP contribution in [-0.4, -0.2) is 37.8 Å². The van der Waals surface area contributed by atoms with Gasteiger partial charge in [-0.1, -0.05) is 19.0 Å². The van der Waals surface area contributed by atoms with E-state index in [2.05, 4.69) is 17.0 Å². The van der Waals surface area contributed by atoms with Crippen LogP contribution in [0.25, 0.3) is 11.3 Å². The van der Waals surface area contributed by atoms with Gasteiger partial charge in [-0.3, -0.25) is 14.3 Å². The second-order valence-electron chi connectivity index (χ2n) is 7.46. The van der Waals surface area contributed by atoms with E-state index in [-0.39, 0.29) is 29.0 Å². The largest absolute Gasteiger partial charge is 0.505 e. The molecule has 4 rings (SSSR count). The Morgan fingerprint density at radius 2 is 2.13 bits per heavy atom. The summed E-state index contributed by atoms with van der Waals surface area (Å²) >= 11 is 0. The van der Waals surface area contributed by atoms with Gasteiger partial charge in [0.1, 0.15) is 17.6 Å². The molecule has 1 aliphatic heterocycles. The van der Waals surface area contributed by atoms with Gasteiger partial charge in [0.2, 0.25) is 0 Å². The average Bonchev–Trinajstić information content (AvgIpc) is 3.25. The number of rotatable bonds is 5. The lowest BCUT2D eigenvalue weighted by Gasteiger charge is -2.27. The maximum Gasteiger partial charge on any atom is 0.257 e. The smallest absolute Gasteiger partial charge is 0.257 e. The number of nitrogens with zero attached hydrogens (tertiary/aromatic N) is 5. The summed E-state index contributed by atoms with van der Waals surface area (Å²) in [4.78, 5) is 20.2. The van der Waals surface area contributed by atoms with Crippen LogP contribution in [0.5, 0.6) is 5.75 Å². The Labute approximate surface area is 178 Å². The number of aryl methyl sites for hydroxylation is 1. The van der Waals surface area contributed by atoms with Crippen LogP contribution in [0.15, 0.2) is 27.5 Å². The van der Waals surface area contributed by atoms with Crippen LogP contribution in [0.2, 0.25) is 0 Å². The van der Waals surface area contributed by atoms with Crippen LogP contribution < -0.4 is 5.56 Å². The molecule has 0 amide bonds. The second-order valence-corrected chi connectivity index (χ2v) is 7.46. The number of likely N-dealkylation sites (N-methyl/N-ethyl adjacent to an activating group) is 1. The predicted octanol–water partition coefficient (Wildman–Crippen LogP) is 2.60. The molecule has 0 saturated heterocycles. The third-order valence-electron chi connectivity index (χ3n) is 5.59. The molecular weight excluding hydrogens is 401 g/mol. The van der Waals surface area contributed by atoms with E-state index >= 15 is 0 Å². The Morgan fingerprint density at radius 1 is 1.32 bits per heavy atom. The van der Waals surface area contributed by atoms with Gasteiger partial charge in [-0.2, -0.15) is 5.26 Å². The van der Waals surface area contributed by atoms with Crippen LogP contribution >= 0.6 is 0 Å². The normalized spacial score (nSPS) is 13.7. The molecule has 3 heterocycles. The van der Waals surface area contributed by atoms with Gasteiger partial charge in [-0.05, 0) is 25.1 Å². The first-order valence-corrected chi connectivity index (χ1v) is 10.2. The Morgan fingerprint density at radius 3 is 2.84 bits per heavy atom. The molecule has 0 aliphatic carbocycles. The minimum Gasteiger partial charge on any atom is -0.505 e. The van der Waals surface area contributed by atoms with Crippen molar-refractivity contribution in [3.8, 4) is 23.1 Å². The highest BCUT2D eigenvalue weighted by Crippen LogP contribution is 2.30. The number of fused-ring (bicyclic) bond motifs is 1. The van der Waals surface area contributed by atoms with E-state index in [1.807, 2.05) is 13.0 Å².